The number of alkyl carbamates (subject to hydrolysis) is 1. The molecule has 0 unspecified atom stereocenters. The van der Waals surface area contributed by atoms with Crippen molar-refractivity contribution in [1.82, 2.24) is 5.32 Å². The van der Waals surface area contributed by atoms with E-state index in [2.05, 4.69) is 15.4 Å². The molecule has 0 fully saturated rings. The van der Waals surface area contributed by atoms with Gasteiger partial charge in [0.05, 0.1) is 18.7 Å². The highest BCUT2D eigenvalue weighted by atomic mass is 19.4. The highest BCUT2D eigenvalue weighted by Crippen LogP contribution is 2.38. The summed E-state index contributed by atoms with van der Waals surface area (Å²) < 4.78 is 42.9. The van der Waals surface area contributed by atoms with Gasteiger partial charge in [-0.3, -0.25) is 0 Å². The topological polar surface area (TPSA) is 50.4 Å². The minimum Gasteiger partial charge on any atom is -0.453 e. The molecule has 0 aromatic heterocycles. The van der Waals surface area contributed by atoms with Crippen LogP contribution in [0, 0.1) is 0 Å². The fraction of sp³-hybridized carbons (Fsp3) is 0.500. The Labute approximate surface area is 120 Å². The maximum absolute atomic E-state index is 12.8. The molecular formula is C14H17F3N2O2. The average Bonchev–Trinajstić information content (AvgIpc) is 2.45. The third kappa shape index (κ3) is 3.40. The third-order valence-corrected chi connectivity index (χ3v) is 3.61. The molecule has 7 heteroatoms. The zero-order valence-corrected chi connectivity index (χ0v) is 11.8. The van der Waals surface area contributed by atoms with Crippen LogP contribution in [0.1, 0.15) is 36.9 Å². The number of carbonyl (C=O) groups excluding carboxylic acids is 1. The Bertz CT molecular complexity index is 531. The van der Waals surface area contributed by atoms with Gasteiger partial charge in [0.1, 0.15) is 0 Å². The van der Waals surface area contributed by atoms with Crippen LogP contribution in [0.5, 0.6) is 0 Å². The van der Waals surface area contributed by atoms with Crippen LogP contribution < -0.4 is 10.6 Å². The number of ether oxygens (including phenoxy) is 1. The summed E-state index contributed by atoms with van der Waals surface area (Å²) in [5, 5.41) is 5.75. The fourth-order valence-corrected chi connectivity index (χ4v) is 2.46. The minimum absolute atomic E-state index is 0.00291. The summed E-state index contributed by atoms with van der Waals surface area (Å²) in [7, 11) is 1.25. The van der Waals surface area contributed by atoms with Gasteiger partial charge in [-0.1, -0.05) is 13.0 Å². The van der Waals surface area contributed by atoms with Crippen LogP contribution in [-0.4, -0.2) is 19.2 Å². The number of nitrogens with one attached hydrogen (secondary N) is 2. The van der Waals surface area contributed by atoms with Gasteiger partial charge in [0.2, 0.25) is 0 Å². The molecule has 0 aliphatic carbocycles. The summed E-state index contributed by atoms with van der Waals surface area (Å²) in [5.74, 6) is 0. The molecule has 0 bridgehead atoms. The number of halogens is 3. The quantitative estimate of drug-likeness (QED) is 0.876. The van der Waals surface area contributed by atoms with E-state index in [1.807, 2.05) is 6.92 Å². The van der Waals surface area contributed by atoms with Crippen LogP contribution in [0.4, 0.5) is 23.7 Å². The van der Waals surface area contributed by atoms with E-state index in [4.69, 9.17) is 0 Å². The second-order valence-electron chi connectivity index (χ2n) is 4.97. The highest BCUT2D eigenvalue weighted by molar-refractivity contribution is 5.69. The van der Waals surface area contributed by atoms with Crippen molar-refractivity contribution in [2.24, 2.45) is 0 Å². The Morgan fingerprint density at radius 3 is 2.76 bits per heavy atom. The predicted octanol–water partition coefficient (Wildman–Crippen LogP) is 3.70. The van der Waals surface area contributed by atoms with Crippen LogP contribution in [-0.2, 0) is 10.9 Å². The number of alkyl halides is 3. The number of rotatable bonds is 2. The number of amides is 1. The van der Waals surface area contributed by atoms with Crippen molar-refractivity contribution in [2.75, 3.05) is 12.4 Å². The molecule has 1 amide bonds. The Morgan fingerprint density at radius 1 is 1.48 bits per heavy atom. The first-order chi connectivity index (χ1) is 9.85. The van der Waals surface area contributed by atoms with E-state index in [9.17, 15) is 18.0 Å². The largest absolute Gasteiger partial charge is 0.453 e. The Kier molecular flexibility index (Phi) is 4.29. The van der Waals surface area contributed by atoms with Crippen molar-refractivity contribution >= 4 is 11.8 Å². The smallest absolute Gasteiger partial charge is 0.416 e. The van der Waals surface area contributed by atoms with E-state index in [1.165, 1.54) is 13.2 Å². The molecule has 21 heavy (non-hydrogen) atoms. The van der Waals surface area contributed by atoms with Gasteiger partial charge in [-0.25, -0.2) is 4.79 Å². The van der Waals surface area contributed by atoms with Gasteiger partial charge in [0.25, 0.3) is 0 Å². The van der Waals surface area contributed by atoms with Gasteiger partial charge in [0.15, 0.2) is 0 Å². The SMILES string of the molecule is CC[C@H]1C[C@@H](NC(=O)OC)c2ccc(C(F)(F)F)cc2N1. The summed E-state index contributed by atoms with van der Waals surface area (Å²) in [6.07, 6.45) is -3.64. The zero-order chi connectivity index (χ0) is 15.6. The predicted molar refractivity (Wildman–Crippen MR) is 72.0 cm³/mol. The van der Waals surface area contributed by atoms with Crippen molar-refractivity contribution in [3.8, 4) is 0 Å². The highest BCUT2D eigenvalue weighted by Gasteiger charge is 2.34. The van der Waals surface area contributed by atoms with E-state index in [0.29, 0.717) is 17.7 Å². The van der Waals surface area contributed by atoms with E-state index < -0.39 is 17.8 Å². The molecule has 0 spiro atoms. The molecule has 2 rings (SSSR count). The number of benzene rings is 1. The van der Waals surface area contributed by atoms with Crippen LogP contribution in [0.2, 0.25) is 0 Å². The lowest BCUT2D eigenvalue weighted by Gasteiger charge is -2.33. The van der Waals surface area contributed by atoms with Crippen molar-refractivity contribution in [3.05, 3.63) is 29.3 Å². The van der Waals surface area contributed by atoms with Gasteiger partial charge in [-0.2, -0.15) is 13.2 Å². The molecule has 4 nitrogen and oxygen atoms in total. The van der Waals surface area contributed by atoms with E-state index in [-0.39, 0.29) is 12.1 Å². The average molecular weight is 302 g/mol. The van der Waals surface area contributed by atoms with E-state index >= 15 is 0 Å². The van der Waals surface area contributed by atoms with Gasteiger partial charge in [-0.15, -0.1) is 0 Å². The maximum atomic E-state index is 12.8. The monoisotopic (exact) mass is 302 g/mol. The second kappa shape index (κ2) is 5.83. The van der Waals surface area contributed by atoms with Crippen LogP contribution in [0.25, 0.3) is 0 Å². The first-order valence-corrected chi connectivity index (χ1v) is 6.67. The van der Waals surface area contributed by atoms with Crippen molar-refractivity contribution in [1.29, 1.82) is 0 Å². The van der Waals surface area contributed by atoms with Gasteiger partial charge in [0, 0.05) is 11.7 Å². The lowest BCUT2D eigenvalue weighted by molar-refractivity contribution is -0.137. The summed E-state index contributed by atoms with van der Waals surface area (Å²) in [6.45, 7) is 1.94. The summed E-state index contributed by atoms with van der Waals surface area (Å²) in [4.78, 5) is 11.4. The van der Waals surface area contributed by atoms with Gasteiger partial charge < -0.3 is 15.4 Å². The molecule has 2 N–H and O–H groups in total. The standard InChI is InChI=1S/C14H17F3N2O2/c1-3-9-7-12(19-13(20)21-2)10-5-4-8(14(15,16)17)6-11(10)18-9/h4-6,9,12,18H,3,7H2,1-2H3,(H,19,20)/t9-,12+/m0/s1. The normalized spacial score (nSPS) is 21.2. The molecule has 0 radical (unpaired) electrons. The summed E-state index contributed by atoms with van der Waals surface area (Å²) in [5.41, 5.74) is 0.338. The van der Waals surface area contributed by atoms with Crippen molar-refractivity contribution < 1.29 is 22.7 Å². The molecular weight excluding hydrogens is 285 g/mol. The number of carbonyl (C=O) groups is 1. The Balaban J connectivity index is 2.35. The minimum atomic E-state index is -4.39. The van der Waals surface area contributed by atoms with Crippen LogP contribution >= 0.6 is 0 Å². The second-order valence-corrected chi connectivity index (χ2v) is 4.97. The summed E-state index contributed by atoms with van der Waals surface area (Å²) in [6, 6.07) is 3.16. The van der Waals surface area contributed by atoms with E-state index in [1.54, 1.807) is 0 Å². The van der Waals surface area contributed by atoms with Crippen LogP contribution in [0.15, 0.2) is 18.2 Å². The molecule has 1 aromatic carbocycles. The van der Waals surface area contributed by atoms with E-state index in [0.717, 1.165) is 18.6 Å². The lowest BCUT2D eigenvalue weighted by atomic mass is 9.91. The molecule has 1 heterocycles. The summed E-state index contributed by atoms with van der Waals surface area (Å²) >= 11 is 0. The van der Waals surface area contributed by atoms with Crippen molar-refractivity contribution in [3.63, 3.8) is 0 Å². The molecule has 1 aromatic rings. The maximum Gasteiger partial charge on any atom is 0.416 e. The lowest BCUT2D eigenvalue weighted by Crippen LogP contribution is -2.37. The molecule has 1 aliphatic heterocycles. The first-order valence-electron chi connectivity index (χ1n) is 6.67. The molecule has 116 valence electrons. The van der Waals surface area contributed by atoms with Gasteiger partial charge >= 0.3 is 12.3 Å². The Hall–Kier alpha value is -1.92. The zero-order valence-electron chi connectivity index (χ0n) is 11.8. The fourth-order valence-electron chi connectivity index (χ4n) is 2.46. The van der Waals surface area contributed by atoms with Crippen molar-refractivity contribution in [2.45, 2.75) is 38.0 Å². The number of hydrogen-bond donors (Lipinski definition) is 2. The Morgan fingerprint density at radius 2 is 2.19 bits per heavy atom. The van der Waals surface area contributed by atoms with Crippen LogP contribution in [0.3, 0.4) is 0 Å². The van der Waals surface area contributed by atoms with Gasteiger partial charge in [-0.05, 0) is 30.5 Å². The number of methoxy groups -OCH3 is 1. The molecule has 1 aliphatic rings. The molecule has 2 atom stereocenters. The number of fused-ring (bicyclic) bond motifs is 1. The number of hydrogen-bond acceptors (Lipinski definition) is 3. The first kappa shape index (κ1) is 15.5. The molecule has 0 saturated heterocycles. The molecule has 0 saturated carbocycles. The number of anilines is 1. The third-order valence-electron chi connectivity index (χ3n) is 3.61.